The highest BCUT2D eigenvalue weighted by molar-refractivity contribution is 7.89. The van der Waals surface area contributed by atoms with Crippen molar-refractivity contribution in [2.75, 3.05) is 13.2 Å². The quantitative estimate of drug-likeness (QED) is 0.845. The monoisotopic (exact) mass is 345 g/mol. The number of carbonyl (C=O) groups is 1. The largest absolute Gasteiger partial charge is 0.493 e. The molecule has 0 spiro atoms. The molecule has 126 valence electrons. The normalized spacial score (nSPS) is 17.0. The molecule has 0 bridgehead atoms. The molecule has 1 aliphatic heterocycles. The third-order valence-corrected chi connectivity index (χ3v) is 5.53. The third-order valence-electron chi connectivity index (χ3n) is 4.09. The Morgan fingerprint density at radius 2 is 1.88 bits per heavy atom. The number of nitrogens with one attached hydrogen (secondary N) is 1. The molecular formula is C18H19NO4S. The molecule has 1 heterocycles. The van der Waals surface area contributed by atoms with E-state index in [4.69, 9.17) is 4.74 Å². The summed E-state index contributed by atoms with van der Waals surface area (Å²) in [5.74, 6) is 0.868. The van der Waals surface area contributed by atoms with Crippen LogP contribution in [0.25, 0.3) is 0 Å². The Bertz CT molecular complexity index is 844. The van der Waals surface area contributed by atoms with Gasteiger partial charge in [0.15, 0.2) is 5.78 Å². The van der Waals surface area contributed by atoms with Gasteiger partial charge in [0, 0.05) is 18.0 Å². The molecular weight excluding hydrogens is 326 g/mol. The minimum atomic E-state index is -3.60. The molecule has 0 saturated heterocycles. The number of ether oxygens (including phenoxy) is 1. The predicted octanol–water partition coefficient (Wildman–Crippen LogP) is 2.42. The Balaban J connectivity index is 1.64. The number of para-hydroxylation sites is 1. The minimum absolute atomic E-state index is 0.0890. The van der Waals surface area contributed by atoms with Crippen LogP contribution in [0.5, 0.6) is 5.75 Å². The summed E-state index contributed by atoms with van der Waals surface area (Å²) in [5.41, 5.74) is 1.59. The number of ketones is 1. The lowest BCUT2D eigenvalue weighted by atomic mass is 9.97. The molecule has 0 radical (unpaired) electrons. The van der Waals surface area contributed by atoms with E-state index in [1.54, 1.807) is 0 Å². The van der Waals surface area contributed by atoms with Gasteiger partial charge in [0.2, 0.25) is 10.0 Å². The van der Waals surface area contributed by atoms with Gasteiger partial charge >= 0.3 is 0 Å². The average molecular weight is 345 g/mol. The molecule has 3 rings (SSSR count). The fourth-order valence-corrected chi connectivity index (χ4v) is 3.82. The minimum Gasteiger partial charge on any atom is -0.493 e. The van der Waals surface area contributed by atoms with Crippen LogP contribution < -0.4 is 9.46 Å². The van der Waals surface area contributed by atoms with E-state index in [9.17, 15) is 13.2 Å². The number of fused-ring (bicyclic) bond motifs is 1. The Morgan fingerprint density at radius 3 is 2.58 bits per heavy atom. The van der Waals surface area contributed by atoms with E-state index in [2.05, 4.69) is 4.72 Å². The number of carbonyl (C=O) groups excluding carboxylic acids is 1. The van der Waals surface area contributed by atoms with Gasteiger partial charge in [0.05, 0.1) is 11.5 Å². The van der Waals surface area contributed by atoms with Gasteiger partial charge in [0.25, 0.3) is 0 Å². The summed E-state index contributed by atoms with van der Waals surface area (Å²) in [5, 5.41) is 0. The molecule has 6 heteroatoms. The Hall–Kier alpha value is -2.18. The first-order valence-electron chi connectivity index (χ1n) is 7.77. The van der Waals surface area contributed by atoms with Crippen LogP contribution in [0.15, 0.2) is 53.4 Å². The molecule has 1 aliphatic rings. The van der Waals surface area contributed by atoms with Crippen LogP contribution in [0.2, 0.25) is 0 Å². The van der Waals surface area contributed by atoms with Crippen molar-refractivity contribution >= 4 is 15.8 Å². The van der Waals surface area contributed by atoms with E-state index in [1.165, 1.54) is 31.2 Å². The molecule has 0 aromatic heterocycles. The van der Waals surface area contributed by atoms with Gasteiger partial charge < -0.3 is 4.74 Å². The molecule has 0 saturated carbocycles. The molecule has 2 aromatic rings. The number of Topliss-reactive ketones (excluding diaryl/α,β-unsaturated/α-hetero) is 1. The van der Waals surface area contributed by atoms with Crippen LogP contribution in [0.4, 0.5) is 0 Å². The van der Waals surface area contributed by atoms with Gasteiger partial charge in [-0.1, -0.05) is 30.3 Å². The number of hydrogen-bond acceptors (Lipinski definition) is 4. The highest BCUT2D eigenvalue weighted by atomic mass is 32.2. The summed E-state index contributed by atoms with van der Waals surface area (Å²) in [7, 11) is -3.60. The summed E-state index contributed by atoms with van der Waals surface area (Å²) >= 11 is 0. The molecule has 0 amide bonds. The summed E-state index contributed by atoms with van der Waals surface area (Å²) in [6.07, 6.45) is 0.780. The third kappa shape index (κ3) is 3.66. The van der Waals surface area contributed by atoms with Crippen LogP contribution in [-0.4, -0.2) is 27.4 Å². The van der Waals surface area contributed by atoms with Crippen molar-refractivity contribution < 1.29 is 17.9 Å². The van der Waals surface area contributed by atoms with Crippen molar-refractivity contribution in [1.82, 2.24) is 4.72 Å². The summed E-state index contributed by atoms with van der Waals surface area (Å²) in [6.45, 7) is 2.25. The maximum absolute atomic E-state index is 12.4. The summed E-state index contributed by atoms with van der Waals surface area (Å²) in [6, 6.07) is 13.7. The second-order valence-electron chi connectivity index (χ2n) is 5.92. The lowest BCUT2D eigenvalue weighted by molar-refractivity contribution is 0.101. The Morgan fingerprint density at radius 1 is 1.17 bits per heavy atom. The number of benzene rings is 2. The predicted molar refractivity (Wildman–Crippen MR) is 90.8 cm³/mol. The Kier molecular flexibility index (Phi) is 4.69. The van der Waals surface area contributed by atoms with Gasteiger partial charge in [-0.05, 0) is 37.1 Å². The maximum Gasteiger partial charge on any atom is 0.240 e. The van der Waals surface area contributed by atoms with Crippen LogP contribution >= 0.6 is 0 Å². The number of sulfonamides is 1. The Labute approximate surface area is 141 Å². The summed E-state index contributed by atoms with van der Waals surface area (Å²) < 4.78 is 33.0. The zero-order chi connectivity index (χ0) is 17.2. The van der Waals surface area contributed by atoms with Gasteiger partial charge in [-0.3, -0.25) is 4.79 Å². The van der Waals surface area contributed by atoms with Crippen molar-refractivity contribution in [3.8, 4) is 5.75 Å². The van der Waals surface area contributed by atoms with E-state index in [-0.39, 0.29) is 16.6 Å². The highest BCUT2D eigenvalue weighted by Crippen LogP contribution is 2.26. The van der Waals surface area contributed by atoms with Gasteiger partial charge in [-0.25, -0.2) is 13.1 Å². The van der Waals surface area contributed by atoms with E-state index in [0.29, 0.717) is 18.7 Å². The zero-order valence-electron chi connectivity index (χ0n) is 13.4. The lowest BCUT2D eigenvalue weighted by Gasteiger charge is -2.25. The zero-order valence-corrected chi connectivity index (χ0v) is 14.2. The van der Waals surface area contributed by atoms with Crippen molar-refractivity contribution in [2.45, 2.75) is 18.2 Å². The standard InChI is InChI=1S/C18H19NO4S/c1-13(20)15-6-8-17(9-7-15)24(21,22)19-11-14-10-16-4-2-3-5-18(16)23-12-14/h2-9,14,19H,10-12H2,1H3. The van der Waals surface area contributed by atoms with Crippen LogP contribution in [0.1, 0.15) is 22.8 Å². The summed E-state index contributed by atoms with van der Waals surface area (Å²) in [4.78, 5) is 11.4. The smallest absolute Gasteiger partial charge is 0.240 e. The lowest BCUT2D eigenvalue weighted by Crippen LogP contribution is -2.34. The average Bonchev–Trinajstić information content (AvgIpc) is 2.60. The van der Waals surface area contributed by atoms with E-state index >= 15 is 0 Å². The SMILES string of the molecule is CC(=O)c1ccc(S(=O)(=O)NCC2COc3ccccc3C2)cc1. The van der Waals surface area contributed by atoms with E-state index in [0.717, 1.165) is 17.7 Å². The number of hydrogen-bond donors (Lipinski definition) is 1. The molecule has 1 atom stereocenters. The van der Waals surface area contributed by atoms with Gasteiger partial charge in [-0.15, -0.1) is 0 Å². The van der Waals surface area contributed by atoms with Gasteiger partial charge in [0.1, 0.15) is 5.75 Å². The molecule has 0 fully saturated rings. The first-order valence-corrected chi connectivity index (χ1v) is 9.25. The van der Waals surface area contributed by atoms with Crippen LogP contribution in [-0.2, 0) is 16.4 Å². The first-order chi connectivity index (χ1) is 11.5. The van der Waals surface area contributed by atoms with Crippen molar-refractivity contribution in [3.63, 3.8) is 0 Å². The molecule has 1 N–H and O–H groups in total. The molecule has 2 aromatic carbocycles. The fraction of sp³-hybridized carbons (Fsp3) is 0.278. The van der Waals surface area contributed by atoms with Crippen molar-refractivity contribution in [3.05, 3.63) is 59.7 Å². The molecule has 1 unspecified atom stereocenters. The second-order valence-corrected chi connectivity index (χ2v) is 7.69. The fourth-order valence-electron chi connectivity index (χ4n) is 2.70. The second kappa shape index (κ2) is 6.75. The molecule has 5 nitrogen and oxygen atoms in total. The van der Waals surface area contributed by atoms with Gasteiger partial charge in [-0.2, -0.15) is 0 Å². The topological polar surface area (TPSA) is 72.5 Å². The van der Waals surface area contributed by atoms with Crippen LogP contribution in [0, 0.1) is 5.92 Å². The molecule has 0 aliphatic carbocycles. The first kappa shape index (κ1) is 16.7. The van der Waals surface area contributed by atoms with Crippen molar-refractivity contribution in [2.24, 2.45) is 5.92 Å². The van der Waals surface area contributed by atoms with Crippen molar-refractivity contribution in [1.29, 1.82) is 0 Å². The highest BCUT2D eigenvalue weighted by Gasteiger charge is 2.22. The number of rotatable bonds is 5. The van der Waals surface area contributed by atoms with Crippen LogP contribution in [0.3, 0.4) is 0 Å². The molecule has 24 heavy (non-hydrogen) atoms. The maximum atomic E-state index is 12.4. The van der Waals surface area contributed by atoms with E-state index in [1.807, 2.05) is 24.3 Å². The van der Waals surface area contributed by atoms with E-state index < -0.39 is 10.0 Å².